The molecule has 0 aromatic rings. The minimum atomic E-state index is -2.17. The van der Waals surface area contributed by atoms with Crippen molar-refractivity contribution in [3.63, 3.8) is 0 Å². The average molecular weight is 223 g/mol. The summed E-state index contributed by atoms with van der Waals surface area (Å²) in [4.78, 5) is 8.46. The molecule has 11 heavy (non-hydrogen) atoms. The second-order valence-corrected chi connectivity index (χ2v) is 3.85. The van der Waals surface area contributed by atoms with E-state index in [1.165, 1.54) is 19.3 Å². The van der Waals surface area contributed by atoms with Gasteiger partial charge < -0.3 is 4.89 Å². The van der Waals surface area contributed by atoms with E-state index in [1.54, 1.807) is 0 Å². The van der Waals surface area contributed by atoms with Gasteiger partial charge in [-0.25, -0.2) is 0 Å². The molecule has 0 saturated heterocycles. The molecule has 0 rings (SSSR count). The fraction of sp³-hybridized carbons (Fsp3) is 1.00. The Morgan fingerprint density at radius 1 is 1.18 bits per heavy atom. The van der Waals surface area contributed by atoms with Gasteiger partial charge in [-0.15, -0.1) is 0 Å². The van der Waals surface area contributed by atoms with Crippen molar-refractivity contribution in [2.24, 2.45) is 0 Å². The first-order valence-electron chi connectivity index (χ1n) is 3.99. The molecule has 0 saturated carbocycles. The SMILES string of the molecule is CCCCCCC[PH](=O)O.[Co]. The number of rotatable bonds is 6. The largest absolute Gasteiger partial charge is 0.346 e. The normalized spacial score (nSPS) is 12.2. The van der Waals surface area contributed by atoms with E-state index in [9.17, 15) is 4.57 Å². The maximum Gasteiger partial charge on any atom is 0.189 e. The molecule has 4 heteroatoms. The first kappa shape index (κ1) is 14.2. The smallest absolute Gasteiger partial charge is 0.189 e. The minimum Gasteiger partial charge on any atom is -0.346 e. The van der Waals surface area contributed by atoms with Crippen LogP contribution < -0.4 is 0 Å². The van der Waals surface area contributed by atoms with Crippen LogP contribution in [0.2, 0.25) is 0 Å². The van der Waals surface area contributed by atoms with E-state index in [4.69, 9.17) is 4.89 Å². The van der Waals surface area contributed by atoms with Crippen LogP contribution in [0.15, 0.2) is 0 Å². The fourth-order valence-electron chi connectivity index (χ4n) is 0.880. The molecule has 0 aliphatic heterocycles. The Bertz CT molecular complexity index is 98.4. The van der Waals surface area contributed by atoms with Gasteiger partial charge in [0.1, 0.15) is 0 Å². The molecule has 0 aromatic heterocycles. The van der Waals surface area contributed by atoms with Gasteiger partial charge in [0, 0.05) is 22.9 Å². The third-order valence-electron chi connectivity index (χ3n) is 1.49. The molecule has 0 spiro atoms. The van der Waals surface area contributed by atoms with Gasteiger partial charge in [-0.05, 0) is 6.42 Å². The van der Waals surface area contributed by atoms with Crippen molar-refractivity contribution in [2.75, 3.05) is 6.16 Å². The Morgan fingerprint density at radius 2 is 1.73 bits per heavy atom. The van der Waals surface area contributed by atoms with E-state index in [1.807, 2.05) is 0 Å². The van der Waals surface area contributed by atoms with Gasteiger partial charge in [-0.3, -0.25) is 4.57 Å². The van der Waals surface area contributed by atoms with E-state index >= 15 is 0 Å². The first-order valence-corrected chi connectivity index (χ1v) is 5.55. The molecule has 1 N–H and O–H groups in total. The molecule has 1 unspecified atom stereocenters. The van der Waals surface area contributed by atoms with Crippen molar-refractivity contribution in [2.45, 2.75) is 39.0 Å². The zero-order chi connectivity index (χ0) is 7.82. The summed E-state index contributed by atoms with van der Waals surface area (Å²) in [6.07, 6.45) is 6.26. The Labute approximate surface area is 79.8 Å². The van der Waals surface area contributed by atoms with Crippen LogP contribution in [0, 0.1) is 0 Å². The first-order chi connectivity index (χ1) is 4.77. The van der Waals surface area contributed by atoms with Crippen LogP contribution in [0.25, 0.3) is 0 Å². The predicted octanol–water partition coefficient (Wildman–Crippen LogP) is 2.42. The molecule has 0 aromatic carbocycles. The van der Waals surface area contributed by atoms with Gasteiger partial charge in [0.25, 0.3) is 0 Å². The standard InChI is InChI=1S/C7H17O2P.Co/c1-2-3-4-5-6-7-10(8)9;/h10H,2-7H2,1H3,(H,8,9);. The molecule has 1 radical (unpaired) electrons. The second-order valence-electron chi connectivity index (χ2n) is 2.56. The Morgan fingerprint density at radius 3 is 2.18 bits per heavy atom. The van der Waals surface area contributed by atoms with Crippen LogP contribution in [0.3, 0.4) is 0 Å². The van der Waals surface area contributed by atoms with Crippen molar-refractivity contribution in [1.29, 1.82) is 0 Å². The molecule has 0 aliphatic carbocycles. The minimum absolute atomic E-state index is 0. The van der Waals surface area contributed by atoms with Crippen molar-refractivity contribution in [3.05, 3.63) is 0 Å². The van der Waals surface area contributed by atoms with Crippen molar-refractivity contribution in [3.8, 4) is 0 Å². The summed E-state index contributed by atoms with van der Waals surface area (Å²) >= 11 is 0. The van der Waals surface area contributed by atoms with Gasteiger partial charge in [-0.1, -0.05) is 32.6 Å². The zero-order valence-corrected chi connectivity index (χ0v) is 8.97. The summed E-state index contributed by atoms with van der Waals surface area (Å²) in [6, 6.07) is 0. The Balaban J connectivity index is 0. The van der Waals surface area contributed by atoms with Gasteiger partial charge in [-0.2, -0.15) is 0 Å². The summed E-state index contributed by atoms with van der Waals surface area (Å²) in [5.74, 6) is 0. The summed E-state index contributed by atoms with van der Waals surface area (Å²) in [5.41, 5.74) is 0. The van der Waals surface area contributed by atoms with Gasteiger partial charge >= 0.3 is 0 Å². The van der Waals surface area contributed by atoms with Crippen molar-refractivity contribution < 1.29 is 26.2 Å². The Hall–Kier alpha value is 0.696. The molecule has 2 nitrogen and oxygen atoms in total. The van der Waals surface area contributed by atoms with Crippen LogP contribution in [-0.4, -0.2) is 11.1 Å². The predicted molar refractivity (Wildman–Crippen MR) is 44.8 cm³/mol. The molecule has 0 amide bonds. The fourth-order valence-corrected chi connectivity index (χ4v) is 1.43. The van der Waals surface area contributed by atoms with E-state index in [0.717, 1.165) is 12.8 Å². The van der Waals surface area contributed by atoms with Crippen LogP contribution in [0.4, 0.5) is 0 Å². The van der Waals surface area contributed by atoms with Crippen LogP contribution in [0.5, 0.6) is 0 Å². The maximum atomic E-state index is 10.2. The molecular formula is C7H17CoO2P. The van der Waals surface area contributed by atoms with Crippen LogP contribution >= 0.6 is 8.03 Å². The molecule has 71 valence electrons. The van der Waals surface area contributed by atoms with Gasteiger partial charge in [0.2, 0.25) is 0 Å². The van der Waals surface area contributed by atoms with Gasteiger partial charge in [0.05, 0.1) is 0 Å². The second kappa shape index (κ2) is 10.7. The van der Waals surface area contributed by atoms with Crippen molar-refractivity contribution >= 4 is 8.03 Å². The van der Waals surface area contributed by atoms with Crippen LogP contribution in [0.1, 0.15) is 39.0 Å². The third kappa shape index (κ3) is 13.7. The van der Waals surface area contributed by atoms with E-state index in [0.29, 0.717) is 6.16 Å². The molecule has 0 bridgehead atoms. The monoisotopic (exact) mass is 223 g/mol. The van der Waals surface area contributed by atoms with Gasteiger partial charge in [0.15, 0.2) is 8.03 Å². The maximum absolute atomic E-state index is 10.2. The molecule has 1 atom stereocenters. The number of hydrogen-bond donors (Lipinski definition) is 1. The quantitative estimate of drug-likeness (QED) is 0.554. The summed E-state index contributed by atoms with van der Waals surface area (Å²) in [6.45, 7) is 2.16. The number of unbranched alkanes of at least 4 members (excludes halogenated alkanes) is 4. The average Bonchev–Trinajstić information content (AvgIpc) is 1.87. The summed E-state index contributed by atoms with van der Waals surface area (Å²) in [5, 5.41) is 0. The summed E-state index contributed by atoms with van der Waals surface area (Å²) in [7, 11) is -2.17. The third-order valence-corrected chi connectivity index (χ3v) is 2.28. The van der Waals surface area contributed by atoms with Crippen molar-refractivity contribution in [1.82, 2.24) is 0 Å². The topological polar surface area (TPSA) is 37.3 Å². The van der Waals surface area contributed by atoms with E-state index in [-0.39, 0.29) is 16.8 Å². The zero-order valence-electron chi connectivity index (χ0n) is 6.93. The molecule has 0 heterocycles. The molecule has 0 aliphatic rings. The number of hydrogen-bond acceptors (Lipinski definition) is 1. The summed E-state index contributed by atoms with van der Waals surface area (Å²) < 4.78 is 10.2. The van der Waals surface area contributed by atoms with E-state index in [2.05, 4.69) is 6.92 Å². The van der Waals surface area contributed by atoms with E-state index < -0.39 is 8.03 Å². The van der Waals surface area contributed by atoms with Crippen LogP contribution in [-0.2, 0) is 21.3 Å². The molecule has 0 fully saturated rings. The molecular weight excluding hydrogens is 206 g/mol. The Kier molecular flexibility index (Phi) is 13.8.